The molecular formula is C34H22Cl2Zr. The largest absolute Gasteiger partial charge is 4.00 e. The van der Waals surface area contributed by atoms with E-state index in [1.807, 2.05) is 72.8 Å². The Balaban J connectivity index is 0.000000542. The summed E-state index contributed by atoms with van der Waals surface area (Å²) in [5, 5.41) is 0. The van der Waals surface area contributed by atoms with E-state index >= 15 is 0 Å². The molecule has 0 amide bonds. The second-order valence-electron chi connectivity index (χ2n) is 8.05. The first-order chi connectivity index (χ1) is 16.8. The van der Waals surface area contributed by atoms with Crippen LogP contribution < -0.4 is 24.8 Å². The van der Waals surface area contributed by atoms with Crippen LogP contribution in [0.25, 0.3) is 11.1 Å². The molecule has 2 aliphatic carbocycles. The van der Waals surface area contributed by atoms with Crippen LogP contribution in [0.2, 0.25) is 0 Å². The fourth-order valence-corrected chi connectivity index (χ4v) is 3.94. The van der Waals surface area contributed by atoms with Crippen molar-refractivity contribution in [3.63, 3.8) is 0 Å². The first-order valence-corrected chi connectivity index (χ1v) is 11.4. The molecule has 0 spiro atoms. The minimum Gasteiger partial charge on any atom is -1.00 e. The summed E-state index contributed by atoms with van der Waals surface area (Å²) >= 11 is 0. The maximum absolute atomic E-state index is 3.51. The smallest absolute Gasteiger partial charge is 1.00 e. The Hall–Kier alpha value is -3.06. The normalized spacial score (nSPS) is 10.8. The molecule has 0 aromatic heterocycles. The summed E-state index contributed by atoms with van der Waals surface area (Å²) in [6, 6.07) is 34.4. The quantitative estimate of drug-likeness (QED) is 0.187. The summed E-state index contributed by atoms with van der Waals surface area (Å²) in [5.74, 6) is 13.0. The minimum atomic E-state index is 0. The van der Waals surface area contributed by atoms with Gasteiger partial charge in [0.25, 0.3) is 0 Å². The predicted octanol–water partition coefficient (Wildman–Crippen LogP) is 1.17. The van der Waals surface area contributed by atoms with Crippen LogP contribution >= 0.6 is 0 Å². The van der Waals surface area contributed by atoms with Gasteiger partial charge in [-0.25, -0.2) is 12.2 Å². The summed E-state index contributed by atoms with van der Waals surface area (Å²) in [6.45, 7) is 0. The number of hydrogen-bond acceptors (Lipinski definition) is 0. The number of rotatable bonds is 0. The van der Waals surface area contributed by atoms with Gasteiger partial charge in [0.2, 0.25) is 0 Å². The van der Waals surface area contributed by atoms with Crippen molar-refractivity contribution in [2.45, 2.75) is 12.8 Å². The van der Waals surface area contributed by atoms with Gasteiger partial charge in [-0.1, -0.05) is 65.4 Å². The third-order valence-corrected chi connectivity index (χ3v) is 5.62. The van der Waals surface area contributed by atoms with Gasteiger partial charge in [-0.15, -0.1) is 41.7 Å². The molecular weight excluding hydrogens is 571 g/mol. The van der Waals surface area contributed by atoms with Crippen molar-refractivity contribution in [2.75, 3.05) is 0 Å². The van der Waals surface area contributed by atoms with E-state index in [1.54, 1.807) is 0 Å². The number of hydrogen-bond donors (Lipinski definition) is 0. The summed E-state index contributed by atoms with van der Waals surface area (Å²) < 4.78 is 0. The fraction of sp³-hybridized carbons (Fsp3) is 0.0588. The zero-order valence-corrected chi connectivity index (χ0v) is 24.0. The van der Waals surface area contributed by atoms with Crippen molar-refractivity contribution >= 4 is 0 Å². The Morgan fingerprint density at radius 1 is 0.622 bits per heavy atom. The maximum Gasteiger partial charge on any atom is 4.00 e. The summed E-state index contributed by atoms with van der Waals surface area (Å²) in [4.78, 5) is 0. The van der Waals surface area contributed by atoms with Crippen LogP contribution in [-0.4, -0.2) is 0 Å². The molecule has 0 radical (unpaired) electrons. The average Bonchev–Trinajstić information content (AvgIpc) is 3.59. The van der Waals surface area contributed by atoms with Gasteiger partial charge >= 0.3 is 26.2 Å². The van der Waals surface area contributed by atoms with Crippen molar-refractivity contribution in [1.82, 2.24) is 0 Å². The van der Waals surface area contributed by atoms with Gasteiger partial charge in [-0.05, 0) is 48.4 Å². The first kappa shape index (κ1) is 30.2. The number of benzene rings is 4. The van der Waals surface area contributed by atoms with Crippen LogP contribution in [0.5, 0.6) is 0 Å². The zero-order chi connectivity index (χ0) is 23.0. The van der Waals surface area contributed by atoms with Crippen LogP contribution in [-0.2, 0) is 32.6 Å². The third kappa shape index (κ3) is 8.22. The van der Waals surface area contributed by atoms with Gasteiger partial charge in [0.05, 0.1) is 0 Å². The van der Waals surface area contributed by atoms with E-state index < -0.39 is 0 Å². The standard InChI is InChI=1S/C29H17.C5H5.2ClH.Zr/c1-3-7-22(8-4-1)11-13-24-15-17-28-26(19-24)21-27-20-25(16-18-29(27)28)14-12-23-9-5-2-6-10-23;1-2-4-5-3-1;;;/h1-10,15-19H,21H2;1-3H,4H2;2*1H;/q2*-1;;;+4/p-2. The van der Waals surface area contributed by atoms with Gasteiger partial charge in [-0.3, -0.25) is 6.08 Å². The molecule has 0 saturated heterocycles. The Bertz CT molecular complexity index is 1380. The molecule has 0 fully saturated rings. The predicted molar refractivity (Wildman–Crippen MR) is 140 cm³/mol. The maximum atomic E-state index is 3.51. The summed E-state index contributed by atoms with van der Waals surface area (Å²) in [7, 11) is 0. The molecule has 6 rings (SSSR count). The van der Waals surface area contributed by atoms with E-state index in [4.69, 9.17) is 0 Å². The zero-order valence-electron chi connectivity index (χ0n) is 20.1. The molecule has 4 aromatic rings. The van der Waals surface area contributed by atoms with Crippen molar-refractivity contribution in [3.05, 3.63) is 155 Å². The minimum absolute atomic E-state index is 0. The molecule has 0 saturated carbocycles. The molecule has 176 valence electrons. The topological polar surface area (TPSA) is 0 Å². The molecule has 0 bridgehead atoms. The Morgan fingerprint density at radius 2 is 1.24 bits per heavy atom. The molecule has 3 heteroatoms. The second kappa shape index (κ2) is 15.3. The molecule has 0 atom stereocenters. The van der Waals surface area contributed by atoms with E-state index in [9.17, 15) is 0 Å². The SMILES string of the molecule is C(#Cc1ccccc1)c1[c-]c2c(cc1)-c1ccc(C#Cc3ccccc3)cc1C2.[C-]1=CC=CC1.[Cl-].[Cl-].[Zr+4]. The molecule has 0 nitrogen and oxygen atoms in total. The summed E-state index contributed by atoms with van der Waals surface area (Å²) in [6.07, 6.45) is 10.9. The van der Waals surface area contributed by atoms with Crippen molar-refractivity contribution in [3.8, 4) is 34.8 Å². The van der Waals surface area contributed by atoms with E-state index in [2.05, 4.69) is 72.2 Å². The second-order valence-corrected chi connectivity index (χ2v) is 8.05. The Kier molecular flexibility index (Phi) is 12.4. The number of halogens is 2. The van der Waals surface area contributed by atoms with Crippen LogP contribution in [0.1, 0.15) is 39.8 Å². The van der Waals surface area contributed by atoms with E-state index in [0.29, 0.717) is 0 Å². The Morgan fingerprint density at radius 3 is 1.84 bits per heavy atom. The van der Waals surface area contributed by atoms with Crippen LogP contribution in [0, 0.1) is 35.8 Å². The van der Waals surface area contributed by atoms with Gasteiger partial charge in [0, 0.05) is 16.7 Å². The average molecular weight is 593 g/mol. The fourth-order valence-electron chi connectivity index (χ4n) is 3.94. The molecule has 0 heterocycles. The molecule has 2 aliphatic rings. The van der Waals surface area contributed by atoms with E-state index in [1.165, 1.54) is 22.3 Å². The van der Waals surface area contributed by atoms with Gasteiger partial charge in [0.15, 0.2) is 0 Å². The van der Waals surface area contributed by atoms with Gasteiger partial charge in [0.1, 0.15) is 0 Å². The monoisotopic (exact) mass is 590 g/mol. The van der Waals surface area contributed by atoms with E-state index in [-0.39, 0.29) is 51.0 Å². The molecule has 37 heavy (non-hydrogen) atoms. The van der Waals surface area contributed by atoms with Gasteiger partial charge < -0.3 is 24.8 Å². The molecule has 4 aromatic carbocycles. The van der Waals surface area contributed by atoms with Crippen molar-refractivity contribution < 1.29 is 51.0 Å². The van der Waals surface area contributed by atoms with Crippen molar-refractivity contribution in [2.24, 2.45) is 0 Å². The van der Waals surface area contributed by atoms with Gasteiger partial charge in [-0.2, -0.15) is 12.0 Å². The molecule has 0 aliphatic heterocycles. The number of fused-ring (bicyclic) bond motifs is 3. The first-order valence-electron chi connectivity index (χ1n) is 11.4. The van der Waals surface area contributed by atoms with E-state index in [0.717, 1.165) is 35.1 Å². The van der Waals surface area contributed by atoms with Crippen molar-refractivity contribution in [1.29, 1.82) is 0 Å². The summed E-state index contributed by atoms with van der Waals surface area (Å²) in [5.41, 5.74) is 9.10. The van der Waals surface area contributed by atoms with Crippen LogP contribution in [0.4, 0.5) is 0 Å². The molecule has 0 unspecified atom stereocenters. The van der Waals surface area contributed by atoms with Crippen LogP contribution in [0.15, 0.2) is 109 Å². The number of allylic oxidation sites excluding steroid dienone is 4. The Labute approximate surface area is 251 Å². The molecule has 0 N–H and O–H groups in total. The van der Waals surface area contributed by atoms with Crippen LogP contribution in [0.3, 0.4) is 0 Å². The third-order valence-electron chi connectivity index (χ3n) is 5.62.